The highest BCUT2D eigenvalue weighted by Crippen LogP contribution is 2.37. The van der Waals surface area contributed by atoms with E-state index in [0.29, 0.717) is 25.6 Å². The van der Waals surface area contributed by atoms with Crippen molar-refractivity contribution in [2.75, 3.05) is 19.6 Å². The van der Waals surface area contributed by atoms with E-state index in [-0.39, 0.29) is 11.8 Å². The first-order chi connectivity index (χ1) is 11.6. The second-order valence-corrected chi connectivity index (χ2v) is 7.24. The number of carbonyl (C=O) groups excluding carboxylic acids is 2. The number of carbonyl (C=O) groups is 2. The number of hydrogen-bond acceptors (Lipinski definition) is 4. The number of amides is 2. The molecule has 4 rings (SSSR count). The summed E-state index contributed by atoms with van der Waals surface area (Å²) in [7, 11) is 0. The lowest BCUT2D eigenvalue weighted by Gasteiger charge is -2.36. The van der Waals surface area contributed by atoms with Crippen LogP contribution < -0.4 is 5.73 Å². The molecule has 7 heteroatoms. The predicted octanol–water partition coefficient (Wildman–Crippen LogP) is 0.442. The Morgan fingerprint density at radius 3 is 2.79 bits per heavy atom. The summed E-state index contributed by atoms with van der Waals surface area (Å²) in [4.78, 5) is 32.6. The monoisotopic (exact) mass is 331 g/mol. The number of likely N-dealkylation sites (tertiary alicyclic amines) is 1. The van der Waals surface area contributed by atoms with Gasteiger partial charge in [-0.15, -0.1) is 0 Å². The molecule has 0 spiro atoms. The second-order valence-electron chi connectivity index (χ2n) is 7.24. The van der Waals surface area contributed by atoms with E-state index in [1.165, 1.54) is 18.5 Å². The lowest BCUT2D eigenvalue weighted by Crippen LogP contribution is -2.53. The predicted molar refractivity (Wildman–Crippen MR) is 88.0 cm³/mol. The fraction of sp³-hybridized carbons (Fsp3) is 0.706. The van der Waals surface area contributed by atoms with Gasteiger partial charge in [-0.25, -0.2) is 4.98 Å². The zero-order valence-corrected chi connectivity index (χ0v) is 14.0. The molecular weight excluding hydrogens is 306 g/mol. The minimum absolute atomic E-state index is 0.0172. The van der Waals surface area contributed by atoms with Crippen LogP contribution in [0, 0.1) is 0 Å². The number of nitrogens with zero attached hydrogens (tertiary/aromatic N) is 4. The Kier molecular flexibility index (Phi) is 4.04. The smallest absolute Gasteiger partial charge is 0.240 e. The molecule has 1 aromatic heterocycles. The van der Waals surface area contributed by atoms with Crippen molar-refractivity contribution in [1.29, 1.82) is 0 Å². The normalized spacial score (nSPS) is 24.7. The molecular formula is C17H25N5O2. The van der Waals surface area contributed by atoms with Gasteiger partial charge < -0.3 is 15.2 Å². The van der Waals surface area contributed by atoms with Crippen LogP contribution in [0.5, 0.6) is 0 Å². The summed E-state index contributed by atoms with van der Waals surface area (Å²) in [6.45, 7) is 2.57. The van der Waals surface area contributed by atoms with E-state index in [9.17, 15) is 9.59 Å². The van der Waals surface area contributed by atoms with Crippen LogP contribution in [0.3, 0.4) is 0 Å². The van der Waals surface area contributed by atoms with Gasteiger partial charge in [0.15, 0.2) is 0 Å². The zero-order valence-electron chi connectivity index (χ0n) is 14.0. The molecule has 0 bridgehead atoms. The van der Waals surface area contributed by atoms with Crippen LogP contribution in [-0.4, -0.2) is 56.8 Å². The van der Waals surface area contributed by atoms with Crippen molar-refractivity contribution < 1.29 is 9.59 Å². The number of piperidine rings is 1. The molecule has 24 heavy (non-hydrogen) atoms. The van der Waals surface area contributed by atoms with Crippen LogP contribution in [0.2, 0.25) is 0 Å². The van der Waals surface area contributed by atoms with Crippen molar-refractivity contribution in [3.63, 3.8) is 0 Å². The van der Waals surface area contributed by atoms with E-state index < -0.39 is 6.04 Å². The SMILES string of the molecule is NC(=O)[C@H]1CCCCN1C(=O)CN1CCc2c(ncn2C2CC2)C1. The molecule has 0 aromatic carbocycles. The molecule has 1 atom stereocenters. The molecule has 7 nitrogen and oxygen atoms in total. The van der Waals surface area contributed by atoms with Crippen molar-refractivity contribution in [3.05, 3.63) is 17.7 Å². The first kappa shape index (κ1) is 15.6. The third kappa shape index (κ3) is 2.92. The van der Waals surface area contributed by atoms with Crippen LogP contribution in [0.25, 0.3) is 0 Å². The van der Waals surface area contributed by atoms with Gasteiger partial charge in [0.1, 0.15) is 6.04 Å². The lowest BCUT2D eigenvalue weighted by atomic mass is 10.0. The third-order valence-corrected chi connectivity index (χ3v) is 5.47. The average molecular weight is 331 g/mol. The van der Waals surface area contributed by atoms with Gasteiger partial charge in [-0.3, -0.25) is 14.5 Å². The van der Waals surface area contributed by atoms with E-state index in [2.05, 4.69) is 14.5 Å². The van der Waals surface area contributed by atoms with Crippen molar-refractivity contribution in [1.82, 2.24) is 19.4 Å². The Balaban J connectivity index is 1.40. The van der Waals surface area contributed by atoms with E-state index in [4.69, 9.17) is 5.73 Å². The Labute approximate surface area is 141 Å². The number of rotatable bonds is 4. The molecule has 1 saturated heterocycles. The maximum atomic E-state index is 12.7. The standard InChI is InChI=1S/C17H25N5O2/c18-17(24)15-3-1-2-7-21(15)16(23)10-20-8-6-14-13(9-20)19-11-22(14)12-4-5-12/h11-12,15H,1-10H2,(H2,18,24)/t15-/m1/s1. The topological polar surface area (TPSA) is 84.5 Å². The third-order valence-electron chi connectivity index (χ3n) is 5.47. The summed E-state index contributed by atoms with van der Waals surface area (Å²) in [5.41, 5.74) is 7.91. The largest absolute Gasteiger partial charge is 0.368 e. The minimum Gasteiger partial charge on any atom is -0.368 e. The fourth-order valence-electron chi connectivity index (χ4n) is 4.00. The molecule has 2 amide bonds. The Morgan fingerprint density at radius 2 is 2.04 bits per heavy atom. The first-order valence-corrected chi connectivity index (χ1v) is 8.99. The van der Waals surface area contributed by atoms with Gasteiger partial charge in [0.05, 0.1) is 18.6 Å². The summed E-state index contributed by atoms with van der Waals surface area (Å²) in [5, 5.41) is 0. The Hall–Kier alpha value is -1.89. The lowest BCUT2D eigenvalue weighted by molar-refractivity contribution is -0.142. The maximum absolute atomic E-state index is 12.7. The van der Waals surface area contributed by atoms with E-state index in [1.807, 2.05) is 6.33 Å². The zero-order chi connectivity index (χ0) is 16.7. The average Bonchev–Trinajstić information content (AvgIpc) is 3.34. The molecule has 1 aromatic rings. The van der Waals surface area contributed by atoms with Crippen LogP contribution in [0.1, 0.15) is 49.5 Å². The molecule has 1 saturated carbocycles. The summed E-state index contributed by atoms with van der Waals surface area (Å²) in [6.07, 6.45) is 8.02. The van der Waals surface area contributed by atoms with Crippen LogP contribution in [0.15, 0.2) is 6.33 Å². The maximum Gasteiger partial charge on any atom is 0.240 e. The highest BCUT2D eigenvalue weighted by atomic mass is 16.2. The van der Waals surface area contributed by atoms with Crippen molar-refractivity contribution in [3.8, 4) is 0 Å². The van der Waals surface area contributed by atoms with Gasteiger partial charge in [0.2, 0.25) is 11.8 Å². The van der Waals surface area contributed by atoms with Crippen LogP contribution >= 0.6 is 0 Å². The van der Waals surface area contributed by atoms with Crippen LogP contribution in [0.4, 0.5) is 0 Å². The molecule has 3 heterocycles. The highest BCUT2D eigenvalue weighted by molar-refractivity contribution is 5.87. The van der Waals surface area contributed by atoms with Gasteiger partial charge in [-0.2, -0.15) is 0 Å². The molecule has 2 N–H and O–H groups in total. The first-order valence-electron chi connectivity index (χ1n) is 8.99. The van der Waals surface area contributed by atoms with Gasteiger partial charge in [0.25, 0.3) is 0 Å². The van der Waals surface area contributed by atoms with Gasteiger partial charge in [-0.05, 0) is 32.1 Å². The number of fused-ring (bicyclic) bond motifs is 1. The second kappa shape index (κ2) is 6.20. The number of aromatic nitrogens is 2. The van der Waals surface area contributed by atoms with E-state index >= 15 is 0 Å². The summed E-state index contributed by atoms with van der Waals surface area (Å²) < 4.78 is 2.32. The van der Waals surface area contributed by atoms with Crippen LogP contribution in [-0.2, 0) is 22.6 Å². The molecule has 0 radical (unpaired) electrons. The van der Waals surface area contributed by atoms with Crippen molar-refractivity contribution >= 4 is 11.8 Å². The molecule has 2 aliphatic heterocycles. The quantitative estimate of drug-likeness (QED) is 0.868. The number of imidazole rings is 1. The molecule has 0 unspecified atom stereocenters. The number of hydrogen-bond donors (Lipinski definition) is 1. The minimum atomic E-state index is -0.430. The van der Waals surface area contributed by atoms with E-state index in [1.54, 1.807) is 4.90 Å². The van der Waals surface area contributed by atoms with Gasteiger partial charge in [-0.1, -0.05) is 0 Å². The highest BCUT2D eigenvalue weighted by Gasteiger charge is 2.33. The molecule has 1 aliphatic carbocycles. The summed E-state index contributed by atoms with van der Waals surface area (Å²) in [5.74, 6) is -0.365. The van der Waals surface area contributed by atoms with Gasteiger partial charge >= 0.3 is 0 Å². The Morgan fingerprint density at radius 1 is 1.21 bits per heavy atom. The van der Waals surface area contributed by atoms with Gasteiger partial charge in [0, 0.05) is 37.8 Å². The molecule has 3 aliphatic rings. The number of nitrogens with two attached hydrogens (primary N) is 1. The van der Waals surface area contributed by atoms with Crippen molar-refractivity contribution in [2.45, 2.75) is 57.2 Å². The van der Waals surface area contributed by atoms with E-state index in [0.717, 1.165) is 38.0 Å². The number of primary amides is 1. The summed E-state index contributed by atoms with van der Waals surface area (Å²) in [6, 6.07) is 0.222. The fourth-order valence-corrected chi connectivity index (χ4v) is 4.00. The molecule has 2 fully saturated rings. The Bertz CT molecular complexity index is 651. The molecule has 130 valence electrons. The summed E-state index contributed by atoms with van der Waals surface area (Å²) >= 11 is 0. The van der Waals surface area contributed by atoms with Crippen molar-refractivity contribution in [2.24, 2.45) is 5.73 Å².